The van der Waals surface area contributed by atoms with Crippen molar-refractivity contribution in [1.82, 2.24) is 25.4 Å². The van der Waals surface area contributed by atoms with Crippen LogP contribution in [0.5, 0.6) is 0 Å². The number of aromatic nitrogens is 3. The summed E-state index contributed by atoms with van der Waals surface area (Å²) >= 11 is 0. The highest BCUT2D eigenvalue weighted by Crippen LogP contribution is 2.17. The Morgan fingerprint density at radius 1 is 1.57 bits per heavy atom. The Bertz CT molecular complexity index is 454. The van der Waals surface area contributed by atoms with Gasteiger partial charge in [-0.1, -0.05) is 0 Å². The number of nitrogens with one attached hydrogen (secondary N) is 2. The normalized spacial score (nSPS) is 21.1. The zero-order valence-corrected chi connectivity index (χ0v) is 13.2. The van der Waals surface area contributed by atoms with Gasteiger partial charge < -0.3 is 15.0 Å². The van der Waals surface area contributed by atoms with Crippen molar-refractivity contribution in [3.63, 3.8) is 0 Å². The molecule has 1 aliphatic rings. The number of carbonyl (C=O) groups excluding carboxylic acids is 1. The number of piperidine rings is 1. The molecule has 2 unspecified atom stereocenters. The van der Waals surface area contributed by atoms with Crippen molar-refractivity contribution in [2.24, 2.45) is 0 Å². The van der Waals surface area contributed by atoms with E-state index in [-0.39, 0.29) is 18.2 Å². The summed E-state index contributed by atoms with van der Waals surface area (Å²) in [5, 5.41) is 10.2. The Morgan fingerprint density at radius 3 is 2.95 bits per heavy atom. The van der Waals surface area contributed by atoms with E-state index in [2.05, 4.69) is 20.5 Å². The first-order chi connectivity index (χ1) is 9.85. The lowest BCUT2D eigenvalue weighted by molar-refractivity contribution is 0.0183. The zero-order valence-electron chi connectivity index (χ0n) is 13.2. The Labute approximate surface area is 125 Å². The average molecular weight is 295 g/mol. The summed E-state index contributed by atoms with van der Waals surface area (Å²) in [4.78, 5) is 18.0. The fourth-order valence-corrected chi connectivity index (χ4v) is 2.46. The van der Waals surface area contributed by atoms with Gasteiger partial charge in [0, 0.05) is 19.1 Å². The average Bonchev–Trinajstić information content (AvgIpc) is 2.91. The Hall–Kier alpha value is -1.63. The van der Waals surface area contributed by atoms with E-state index in [0.29, 0.717) is 6.54 Å². The molecular formula is C14H25N5O2. The number of carbonyl (C=O) groups is 1. The standard InChI is InChI=1S/C14H25N5O2/c1-10(12-15-9-16-18-12)17-11-6-5-7-19(8-11)13(20)21-14(2,3)4/h9-11,17H,5-8H2,1-4H3,(H,15,16,18). The molecule has 0 aromatic carbocycles. The molecule has 118 valence electrons. The first-order valence-corrected chi connectivity index (χ1v) is 7.44. The molecule has 1 aromatic rings. The largest absolute Gasteiger partial charge is 0.444 e. The van der Waals surface area contributed by atoms with Crippen molar-refractivity contribution in [3.05, 3.63) is 12.2 Å². The topological polar surface area (TPSA) is 83.1 Å². The molecule has 0 bridgehead atoms. The van der Waals surface area contributed by atoms with Gasteiger partial charge in [0.05, 0.1) is 6.04 Å². The molecule has 21 heavy (non-hydrogen) atoms. The van der Waals surface area contributed by atoms with Gasteiger partial charge in [0.1, 0.15) is 17.8 Å². The maximum atomic E-state index is 12.1. The molecule has 0 saturated carbocycles. The fourth-order valence-electron chi connectivity index (χ4n) is 2.46. The van der Waals surface area contributed by atoms with Gasteiger partial charge >= 0.3 is 6.09 Å². The molecule has 1 aromatic heterocycles. The van der Waals surface area contributed by atoms with Crippen molar-refractivity contribution in [1.29, 1.82) is 0 Å². The molecule has 2 heterocycles. The van der Waals surface area contributed by atoms with Crippen LogP contribution in [-0.2, 0) is 4.74 Å². The molecule has 2 rings (SSSR count). The van der Waals surface area contributed by atoms with Gasteiger partial charge in [0.2, 0.25) is 0 Å². The van der Waals surface area contributed by atoms with Crippen LogP contribution in [0.4, 0.5) is 4.79 Å². The molecule has 2 N–H and O–H groups in total. The number of rotatable bonds is 3. The molecular weight excluding hydrogens is 270 g/mol. The highest BCUT2D eigenvalue weighted by atomic mass is 16.6. The highest BCUT2D eigenvalue weighted by Gasteiger charge is 2.28. The SMILES string of the molecule is CC(NC1CCCN(C(=O)OC(C)(C)C)C1)c1ncn[nH]1. The highest BCUT2D eigenvalue weighted by molar-refractivity contribution is 5.68. The minimum absolute atomic E-state index is 0.0797. The van der Waals surface area contributed by atoms with E-state index in [1.54, 1.807) is 4.90 Å². The van der Waals surface area contributed by atoms with Gasteiger partial charge in [0.25, 0.3) is 0 Å². The summed E-state index contributed by atoms with van der Waals surface area (Å²) < 4.78 is 5.43. The number of likely N-dealkylation sites (tertiary alicyclic amines) is 1. The first-order valence-electron chi connectivity index (χ1n) is 7.44. The molecule has 1 aliphatic heterocycles. The monoisotopic (exact) mass is 295 g/mol. The number of aromatic amines is 1. The third-order valence-corrected chi connectivity index (χ3v) is 3.40. The summed E-state index contributed by atoms with van der Waals surface area (Å²) in [6.45, 7) is 9.10. The molecule has 7 heteroatoms. The van der Waals surface area contributed by atoms with E-state index in [1.165, 1.54) is 6.33 Å². The minimum Gasteiger partial charge on any atom is -0.444 e. The van der Waals surface area contributed by atoms with Crippen molar-refractivity contribution in [2.75, 3.05) is 13.1 Å². The van der Waals surface area contributed by atoms with Crippen LogP contribution in [0.15, 0.2) is 6.33 Å². The summed E-state index contributed by atoms with van der Waals surface area (Å²) in [5.41, 5.74) is -0.454. The zero-order chi connectivity index (χ0) is 15.5. The Kier molecular flexibility index (Phi) is 4.82. The molecule has 7 nitrogen and oxygen atoms in total. The first kappa shape index (κ1) is 15.8. The number of H-pyrrole nitrogens is 1. The van der Waals surface area contributed by atoms with Crippen LogP contribution in [0.1, 0.15) is 52.4 Å². The number of ether oxygens (including phenoxy) is 1. The lowest BCUT2D eigenvalue weighted by Gasteiger charge is -2.35. The summed E-state index contributed by atoms with van der Waals surface area (Å²) in [5.74, 6) is 0.810. The third-order valence-electron chi connectivity index (χ3n) is 3.40. The molecule has 1 saturated heterocycles. The van der Waals surface area contributed by atoms with Crippen LogP contribution in [0.25, 0.3) is 0 Å². The van der Waals surface area contributed by atoms with E-state index < -0.39 is 5.60 Å². The van der Waals surface area contributed by atoms with Crippen LogP contribution < -0.4 is 5.32 Å². The second-order valence-corrected chi connectivity index (χ2v) is 6.52. The number of nitrogens with zero attached hydrogens (tertiary/aromatic N) is 3. The summed E-state index contributed by atoms with van der Waals surface area (Å²) in [6, 6.07) is 0.322. The van der Waals surface area contributed by atoms with Crippen LogP contribution in [0.2, 0.25) is 0 Å². The lowest BCUT2D eigenvalue weighted by Crippen LogP contribution is -2.49. The molecule has 0 radical (unpaired) electrons. The Balaban J connectivity index is 1.87. The summed E-state index contributed by atoms with van der Waals surface area (Å²) in [7, 11) is 0. The number of hydrogen-bond acceptors (Lipinski definition) is 5. The number of amides is 1. The number of hydrogen-bond donors (Lipinski definition) is 2. The molecule has 1 fully saturated rings. The van der Waals surface area contributed by atoms with Crippen LogP contribution in [0.3, 0.4) is 0 Å². The maximum Gasteiger partial charge on any atom is 0.410 e. The molecule has 1 amide bonds. The second kappa shape index (κ2) is 6.43. The van der Waals surface area contributed by atoms with Crippen molar-refractivity contribution in [3.8, 4) is 0 Å². The quantitative estimate of drug-likeness (QED) is 0.889. The van der Waals surface area contributed by atoms with Crippen LogP contribution in [-0.4, -0.2) is 50.9 Å². The smallest absolute Gasteiger partial charge is 0.410 e. The lowest BCUT2D eigenvalue weighted by atomic mass is 10.1. The molecule has 0 spiro atoms. The second-order valence-electron chi connectivity index (χ2n) is 6.52. The maximum absolute atomic E-state index is 12.1. The van der Waals surface area contributed by atoms with E-state index in [1.807, 2.05) is 27.7 Å². The predicted octanol–water partition coefficient (Wildman–Crippen LogP) is 1.85. The van der Waals surface area contributed by atoms with Gasteiger partial charge in [-0.3, -0.25) is 5.10 Å². The van der Waals surface area contributed by atoms with Gasteiger partial charge in [0.15, 0.2) is 0 Å². The van der Waals surface area contributed by atoms with Crippen molar-refractivity contribution >= 4 is 6.09 Å². The third kappa shape index (κ3) is 4.70. The summed E-state index contributed by atoms with van der Waals surface area (Å²) in [6.07, 6.45) is 3.28. The Morgan fingerprint density at radius 2 is 2.33 bits per heavy atom. The van der Waals surface area contributed by atoms with Crippen molar-refractivity contribution < 1.29 is 9.53 Å². The van der Waals surface area contributed by atoms with E-state index in [4.69, 9.17) is 4.74 Å². The molecule has 2 atom stereocenters. The van der Waals surface area contributed by atoms with Gasteiger partial charge in [-0.05, 0) is 40.5 Å². The van der Waals surface area contributed by atoms with Crippen LogP contribution in [0, 0.1) is 0 Å². The van der Waals surface area contributed by atoms with Crippen LogP contribution >= 0.6 is 0 Å². The van der Waals surface area contributed by atoms with E-state index in [0.717, 1.165) is 25.2 Å². The van der Waals surface area contributed by atoms with E-state index in [9.17, 15) is 4.79 Å². The van der Waals surface area contributed by atoms with Crippen molar-refractivity contribution in [2.45, 2.75) is 58.2 Å². The minimum atomic E-state index is -0.454. The fraction of sp³-hybridized carbons (Fsp3) is 0.786. The van der Waals surface area contributed by atoms with Gasteiger partial charge in [-0.25, -0.2) is 9.78 Å². The van der Waals surface area contributed by atoms with Gasteiger partial charge in [-0.15, -0.1) is 0 Å². The van der Waals surface area contributed by atoms with E-state index >= 15 is 0 Å². The van der Waals surface area contributed by atoms with Gasteiger partial charge in [-0.2, -0.15) is 5.10 Å². The predicted molar refractivity (Wildman–Crippen MR) is 78.8 cm³/mol. The molecule has 0 aliphatic carbocycles.